The number of carboxylic acid groups (broad SMARTS) is 1. The molecule has 1 N–H and O–H groups in total. The maximum Gasteiger partial charge on any atom is 0.332 e. The molecule has 2 fully saturated rings. The van der Waals surface area contributed by atoms with Crippen LogP contribution in [0.1, 0.15) is 39.0 Å². The number of carboxylic acids is 1. The van der Waals surface area contributed by atoms with E-state index in [0.29, 0.717) is 18.1 Å². The molecule has 2 saturated heterocycles. The first-order chi connectivity index (χ1) is 9.61. The quantitative estimate of drug-likeness (QED) is 0.857. The predicted octanol–water partition coefficient (Wildman–Crippen LogP) is 1.75. The molecule has 1 amide bonds. The molecule has 114 valence electrons. The van der Waals surface area contributed by atoms with Gasteiger partial charge in [-0.1, -0.05) is 13.3 Å². The van der Waals surface area contributed by atoms with Crippen LogP contribution < -0.4 is 0 Å². The minimum Gasteiger partial charge on any atom is -0.479 e. The highest BCUT2D eigenvalue weighted by Gasteiger charge is 2.37. The lowest BCUT2D eigenvalue weighted by Gasteiger charge is -2.26. The van der Waals surface area contributed by atoms with Crippen LogP contribution in [0, 0.1) is 0 Å². The number of carbonyl (C=O) groups excluding carboxylic acids is 1. The molecule has 2 aliphatic rings. The van der Waals surface area contributed by atoms with E-state index in [4.69, 9.17) is 9.84 Å². The van der Waals surface area contributed by atoms with E-state index < -0.39 is 18.2 Å². The van der Waals surface area contributed by atoms with Crippen molar-refractivity contribution in [3.8, 4) is 0 Å². The number of nitrogens with zero attached hydrogens (tertiary/aromatic N) is 1. The predicted molar refractivity (Wildman–Crippen MR) is 77.9 cm³/mol. The highest BCUT2D eigenvalue weighted by atomic mass is 32.2. The fourth-order valence-corrected chi connectivity index (χ4v) is 3.97. The number of amides is 1. The Bertz CT molecular complexity index is 363. The van der Waals surface area contributed by atoms with Crippen molar-refractivity contribution in [2.75, 3.05) is 18.8 Å². The van der Waals surface area contributed by atoms with Crippen LogP contribution in [0.15, 0.2) is 0 Å². The second-order valence-electron chi connectivity index (χ2n) is 5.39. The smallest absolute Gasteiger partial charge is 0.332 e. The molecule has 2 heterocycles. The molecule has 1 unspecified atom stereocenters. The Balaban J connectivity index is 1.92. The Morgan fingerprint density at radius 3 is 2.65 bits per heavy atom. The van der Waals surface area contributed by atoms with Crippen LogP contribution >= 0.6 is 11.8 Å². The molecule has 6 heteroatoms. The number of rotatable bonds is 4. The summed E-state index contributed by atoms with van der Waals surface area (Å²) in [7, 11) is 0. The van der Waals surface area contributed by atoms with E-state index in [1.807, 2.05) is 16.7 Å². The van der Waals surface area contributed by atoms with Crippen molar-refractivity contribution in [2.45, 2.75) is 56.5 Å². The summed E-state index contributed by atoms with van der Waals surface area (Å²) in [6.07, 6.45) is 2.95. The maximum atomic E-state index is 12.5. The molecule has 2 rings (SSSR count). The molecule has 0 radical (unpaired) electrons. The standard InChI is InChI=1S/C14H23NO4S/c1-2-20-10-5-3-4-8-15(9-10)13(16)11-6-7-12(19-11)14(17)18/h10-12H,2-9H2,1H3,(H,17,18)/t10?,11-,12+/m0/s1. The van der Waals surface area contributed by atoms with Gasteiger partial charge in [0.2, 0.25) is 0 Å². The molecule has 0 aromatic heterocycles. The Hall–Kier alpha value is -0.750. The number of carbonyl (C=O) groups is 2. The van der Waals surface area contributed by atoms with Gasteiger partial charge in [0.25, 0.3) is 5.91 Å². The summed E-state index contributed by atoms with van der Waals surface area (Å²) in [5.41, 5.74) is 0. The monoisotopic (exact) mass is 301 g/mol. The summed E-state index contributed by atoms with van der Waals surface area (Å²) >= 11 is 1.91. The third-order valence-corrected chi connectivity index (χ3v) is 5.10. The summed E-state index contributed by atoms with van der Waals surface area (Å²) in [5.74, 6) is 0.0844. The van der Waals surface area contributed by atoms with Crippen molar-refractivity contribution < 1.29 is 19.4 Å². The fraction of sp³-hybridized carbons (Fsp3) is 0.857. The van der Waals surface area contributed by atoms with Gasteiger partial charge in [-0.2, -0.15) is 11.8 Å². The number of likely N-dealkylation sites (tertiary alicyclic amines) is 1. The van der Waals surface area contributed by atoms with Gasteiger partial charge in [-0.25, -0.2) is 4.79 Å². The number of hydrogen-bond acceptors (Lipinski definition) is 4. The van der Waals surface area contributed by atoms with Crippen molar-refractivity contribution >= 4 is 23.6 Å². The molecule has 0 saturated carbocycles. The fourth-order valence-electron chi connectivity index (χ4n) is 2.88. The Labute approximate surface area is 124 Å². The molecule has 0 bridgehead atoms. The van der Waals surface area contributed by atoms with Crippen molar-refractivity contribution in [1.82, 2.24) is 4.90 Å². The van der Waals surface area contributed by atoms with Crippen LogP contribution in [0.4, 0.5) is 0 Å². The minimum absolute atomic E-state index is 0.0163. The Kier molecular flexibility index (Phi) is 5.72. The lowest BCUT2D eigenvalue weighted by atomic mass is 10.2. The summed E-state index contributed by atoms with van der Waals surface area (Å²) in [6.45, 7) is 3.69. The number of ether oxygens (including phenoxy) is 1. The lowest BCUT2D eigenvalue weighted by molar-refractivity contribution is -0.154. The van der Waals surface area contributed by atoms with Gasteiger partial charge < -0.3 is 14.7 Å². The van der Waals surface area contributed by atoms with Crippen LogP contribution in [0.3, 0.4) is 0 Å². The van der Waals surface area contributed by atoms with Crippen LogP contribution in [-0.4, -0.2) is 58.2 Å². The van der Waals surface area contributed by atoms with Crippen LogP contribution in [0.25, 0.3) is 0 Å². The van der Waals surface area contributed by atoms with Gasteiger partial charge in [-0.15, -0.1) is 0 Å². The molecule has 0 aromatic rings. The SMILES string of the molecule is CCSC1CCCCN(C(=O)[C@@H]2CC[C@H](C(=O)O)O2)C1. The van der Waals surface area contributed by atoms with E-state index >= 15 is 0 Å². The number of aliphatic carboxylic acids is 1. The first-order valence-corrected chi connectivity index (χ1v) is 8.45. The number of thioether (sulfide) groups is 1. The average Bonchev–Trinajstić information content (AvgIpc) is 2.80. The summed E-state index contributed by atoms with van der Waals surface area (Å²) in [4.78, 5) is 25.2. The van der Waals surface area contributed by atoms with E-state index in [1.54, 1.807) is 0 Å². The zero-order valence-electron chi connectivity index (χ0n) is 11.9. The molecule has 0 aromatic carbocycles. The third-order valence-electron chi connectivity index (χ3n) is 3.91. The van der Waals surface area contributed by atoms with Gasteiger partial charge in [-0.05, 0) is 31.4 Å². The van der Waals surface area contributed by atoms with E-state index in [9.17, 15) is 9.59 Å². The molecule has 0 aliphatic carbocycles. The third kappa shape index (κ3) is 3.88. The summed E-state index contributed by atoms with van der Waals surface area (Å²) in [5, 5.41) is 9.43. The van der Waals surface area contributed by atoms with Crippen LogP contribution in [0.5, 0.6) is 0 Å². The Morgan fingerprint density at radius 1 is 1.25 bits per heavy atom. The summed E-state index contributed by atoms with van der Waals surface area (Å²) < 4.78 is 5.38. The van der Waals surface area contributed by atoms with E-state index in [1.165, 1.54) is 0 Å². The molecule has 0 spiro atoms. The van der Waals surface area contributed by atoms with Crippen LogP contribution in [0.2, 0.25) is 0 Å². The molecule has 20 heavy (non-hydrogen) atoms. The average molecular weight is 301 g/mol. The van der Waals surface area contributed by atoms with Crippen molar-refractivity contribution in [2.24, 2.45) is 0 Å². The van der Waals surface area contributed by atoms with Crippen LogP contribution in [-0.2, 0) is 14.3 Å². The normalized spacial score (nSPS) is 31.1. The molecule has 5 nitrogen and oxygen atoms in total. The highest BCUT2D eigenvalue weighted by molar-refractivity contribution is 7.99. The first-order valence-electron chi connectivity index (χ1n) is 7.40. The largest absolute Gasteiger partial charge is 0.479 e. The second-order valence-corrected chi connectivity index (χ2v) is 6.96. The van der Waals surface area contributed by atoms with E-state index in [-0.39, 0.29) is 5.91 Å². The van der Waals surface area contributed by atoms with Gasteiger partial charge in [0.1, 0.15) is 6.10 Å². The van der Waals surface area contributed by atoms with E-state index in [0.717, 1.165) is 38.1 Å². The first kappa shape index (κ1) is 15.6. The van der Waals surface area contributed by atoms with Gasteiger partial charge in [-0.3, -0.25) is 4.79 Å². The zero-order chi connectivity index (χ0) is 14.5. The lowest BCUT2D eigenvalue weighted by Crippen LogP contribution is -2.42. The number of hydrogen-bond donors (Lipinski definition) is 1. The molecule has 2 aliphatic heterocycles. The summed E-state index contributed by atoms with van der Waals surface area (Å²) in [6, 6.07) is 0. The molecule has 3 atom stereocenters. The van der Waals surface area contributed by atoms with Crippen molar-refractivity contribution in [1.29, 1.82) is 0 Å². The second kappa shape index (κ2) is 7.31. The van der Waals surface area contributed by atoms with Gasteiger partial charge in [0, 0.05) is 18.3 Å². The van der Waals surface area contributed by atoms with E-state index in [2.05, 4.69) is 6.92 Å². The minimum atomic E-state index is -0.962. The van der Waals surface area contributed by atoms with Crippen molar-refractivity contribution in [3.05, 3.63) is 0 Å². The topological polar surface area (TPSA) is 66.8 Å². The zero-order valence-corrected chi connectivity index (χ0v) is 12.7. The van der Waals surface area contributed by atoms with Gasteiger partial charge in [0.15, 0.2) is 6.10 Å². The highest BCUT2D eigenvalue weighted by Crippen LogP contribution is 2.26. The van der Waals surface area contributed by atoms with Crippen molar-refractivity contribution in [3.63, 3.8) is 0 Å². The van der Waals surface area contributed by atoms with Gasteiger partial charge >= 0.3 is 5.97 Å². The molecular formula is C14H23NO4S. The Morgan fingerprint density at radius 2 is 2.00 bits per heavy atom. The van der Waals surface area contributed by atoms with Gasteiger partial charge in [0.05, 0.1) is 0 Å². The molecular weight excluding hydrogens is 278 g/mol. The maximum absolute atomic E-state index is 12.5.